The van der Waals surface area contributed by atoms with Crippen molar-refractivity contribution in [1.82, 2.24) is 56.8 Å². The Morgan fingerprint density at radius 1 is 0.444 bits per heavy atom. The van der Waals surface area contributed by atoms with E-state index in [9.17, 15) is 57.5 Å². The fourth-order valence-corrected chi connectivity index (χ4v) is 9.61. The molecule has 4 heterocycles. The van der Waals surface area contributed by atoms with Crippen molar-refractivity contribution in [3.63, 3.8) is 0 Å². The summed E-state index contributed by atoms with van der Waals surface area (Å²) in [6.07, 6.45) is 4.88. The van der Waals surface area contributed by atoms with Gasteiger partial charge in [-0.3, -0.25) is 52.7 Å². The highest BCUT2D eigenvalue weighted by Crippen LogP contribution is 2.24. The van der Waals surface area contributed by atoms with Crippen molar-refractivity contribution in [3.05, 3.63) is 0 Å². The monoisotopic (exact) mass is 1010 g/mol. The Labute approximate surface area is 420 Å². The lowest BCUT2D eigenvalue weighted by atomic mass is 10.0. The van der Waals surface area contributed by atoms with E-state index in [1.807, 2.05) is 0 Å². The van der Waals surface area contributed by atoms with E-state index in [1.165, 1.54) is 19.6 Å². The predicted molar refractivity (Wildman–Crippen MR) is 260 cm³/mol. The van der Waals surface area contributed by atoms with E-state index in [2.05, 4.69) is 37.2 Å². The molecule has 4 fully saturated rings. The van der Waals surface area contributed by atoms with Gasteiger partial charge in [0, 0.05) is 26.2 Å². The molecule has 4 saturated heterocycles. The van der Waals surface area contributed by atoms with E-state index in [1.54, 1.807) is 55.4 Å². The molecule has 0 aromatic rings. The van der Waals surface area contributed by atoms with E-state index in [0.717, 1.165) is 6.29 Å². The van der Waals surface area contributed by atoms with E-state index in [4.69, 9.17) is 5.41 Å². The molecule has 8 atom stereocenters. The molecule has 0 radical (unpaired) electrons. The first-order chi connectivity index (χ1) is 34.0. The number of hydrogen-bond acceptors (Lipinski definition) is 13. The number of nitrogens with one attached hydrogen (secondary N) is 8. The molecule has 0 aliphatic carbocycles. The van der Waals surface area contributed by atoms with Gasteiger partial charge in [0.05, 0.1) is 31.9 Å². The maximum atomic E-state index is 13.9. The van der Waals surface area contributed by atoms with Crippen molar-refractivity contribution in [2.24, 2.45) is 23.7 Å². The zero-order chi connectivity index (χ0) is 53.6. The van der Waals surface area contributed by atoms with Gasteiger partial charge in [-0.2, -0.15) is 0 Å². The van der Waals surface area contributed by atoms with E-state index in [0.29, 0.717) is 57.7 Å². The molecule has 0 aromatic carbocycles. The number of aldehydes is 1. The van der Waals surface area contributed by atoms with Crippen molar-refractivity contribution in [2.75, 3.05) is 45.8 Å². The molecule has 0 saturated carbocycles. The van der Waals surface area contributed by atoms with Crippen LogP contribution in [0.15, 0.2) is 0 Å². The predicted octanol–water partition coefficient (Wildman–Crippen LogP) is -2.29. The minimum atomic E-state index is -1.09. The van der Waals surface area contributed by atoms with Gasteiger partial charge in [-0.15, -0.1) is 0 Å². The lowest BCUT2D eigenvalue weighted by Gasteiger charge is -2.31. The van der Waals surface area contributed by atoms with Crippen LogP contribution in [0, 0.1) is 29.1 Å². The second kappa shape index (κ2) is 26.8. The van der Waals surface area contributed by atoms with E-state index < -0.39 is 139 Å². The van der Waals surface area contributed by atoms with Crippen LogP contribution < -0.4 is 37.2 Å². The lowest BCUT2D eigenvalue weighted by Crippen LogP contribution is -2.58. The SMILES string of the molecule is CC(C)[C@H](NC(=O)CNC(=O)[C@@H]1CCCN1C(=O)[C@@H](NC(=O)CNC(=O)[C@@H]1CCCN1C(=O)[C@@H](NC(=O)CNC(=O)[C@@H]1CCCN1C(=O)[C@@H](NC(=O)C=N)C(C)C)C(C)C)C(C)C)C(=O)N1CCC[C@H]1C=O. The normalized spacial score (nSPS) is 21.4. The third kappa shape index (κ3) is 15.0. The number of nitrogens with zero attached hydrogens (tertiary/aromatic N) is 4. The smallest absolute Gasteiger partial charge is 0.262 e. The van der Waals surface area contributed by atoms with Crippen LogP contribution in [0.25, 0.3) is 0 Å². The third-order valence-corrected chi connectivity index (χ3v) is 13.6. The Morgan fingerprint density at radius 3 is 1.01 bits per heavy atom. The molecule has 4 rings (SSSR count). The highest BCUT2D eigenvalue weighted by atomic mass is 16.2. The minimum Gasteiger partial charge on any atom is -0.345 e. The molecule has 0 aromatic heterocycles. The van der Waals surface area contributed by atoms with Gasteiger partial charge >= 0.3 is 0 Å². The first-order valence-electron chi connectivity index (χ1n) is 25.2. The molecular weight excluding hydrogens is 937 g/mol. The Balaban J connectivity index is 1.27. The first-order valence-corrected chi connectivity index (χ1v) is 25.2. The maximum Gasteiger partial charge on any atom is 0.262 e. The van der Waals surface area contributed by atoms with Gasteiger partial charge in [-0.05, 0) is 75.0 Å². The fourth-order valence-electron chi connectivity index (χ4n) is 9.61. The van der Waals surface area contributed by atoms with Crippen molar-refractivity contribution >= 4 is 77.5 Å². The van der Waals surface area contributed by atoms with E-state index >= 15 is 0 Å². The first kappa shape index (κ1) is 58.1. The van der Waals surface area contributed by atoms with Crippen molar-refractivity contribution in [3.8, 4) is 0 Å². The third-order valence-electron chi connectivity index (χ3n) is 13.6. The summed E-state index contributed by atoms with van der Waals surface area (Å²) in [5.74, 6) is -7.96. The Bertz CT molecular complexity index is 2060. The number of rotatable bonds is 23. The molecule has 0 bridgehead atoms. The topological polar surface area (TPSA) is 326 Å². The van der Waals surface area contributed by atoms with Gasteiger partial charge < -0.3 is 67.0 Å². The molecule has 24 nitrogen and oxygen atoms in total. The van der Waals surface area contributed by atoms with Crippen LogP contribution in [0.4, 0.5) is 0 Å². The van der Waals surface area contributed by atoms with Gasteiger partial charge in [-0.25, -0.2) is 0 Å². The second-order valence-electron chi connectivity index (χ2n) is 20.3. The summed E-state index contributed by atoms with van der Waals surface area (Å²) in [5, 5.41) is 25.4. The molecule has 0 unspecified atom stereocenters. The van der Waals surface area contributed by atoms with Crippen molar-refractivity contribution < 1.29 is 57.5 Å². The van der Waals surface area contributed by atoms with Crippen LogP contribution in [0.2, 0.25) is 0 Å². The van der Waals surface area contributed by atoms with Crippen LogP contribution in [-0.2, 0) is 57.5 Å². The summed E-state index contributed by atoms with van der Waals surface area (Å²) in [4.78, 5) is 163. The van der Waals surface area contributed by atoms with Crippen LogP contribution in [0.5, 0.6) is 0 Å². The van der Waals surface area contributed by atoms with Crippen molar-refractivity contribution in [1.29, 1.82) is 5.41 Å². The van der Waals surface area contributed by atoms with E-state index in [-0.39, 0.29) is 43.8 Å². The Morgan fingerprint density at radius 2 is 0.722 bits per heavy atom. The van der Waals surface area contributed by atoms with Gasteiger partial charge in [0.25, 0.3) is 5.91 Å². The summed E-state index contributed by atoms with van der Waals surface area (Å²) in [5.41, 5.74) is 0. The summed E-state index contributed by atoms with van der Waals surface area (Å²) < 4.78 is 0. The maximum absolute atomic E-state index is 13.9. The average molecular weight is 1010 g/mol. The largest absolute Gasteiger partial charge is 0.345 e. The zero-order valence-corrected chi connectivity index (χ0v) is 42.9. The van der Waals surface area contributed by atoms with Gasteiger partial charge in [-0.1, -0.05) is 55.4 Å². The summed E-state index contributed by atoms with van der Waals surface area (Å²) in [6.45, 7) is 13.4. The summed E-state index contributed by atoms with van der Waals surface area (Å²) in [7, 11) is 0. The van der Waals surface area contributed by atoms with Gasteiger partial charge in [0.15, 0.2) is 0 Å². The average Bonchev–Trinajstić information content (AvgIpc) is 4.20. The quantitative estimate of drug-likeness (QED) is 0.0397. The highest BCUT2D eigenvalue weighted by Gasteiger charge is 2.43. The molecule has 8 N–H and O–H groups in total. The number of amides is 11. The van der Waals surface area contributed by atoms with Crippen molar-refractivity contribution in [2.45, 2.75) is 155 Å². The fraction of sp³-hybridized carbons (Fsp3) is 0.729. The zero-order valence-electron chi connectivity index (χ0n) is 42.9. The minimum absolute atomic E-state index is 0.195. The Kier molecular flexibility index (Phi) is 21.6. The van der Waals surface area contributed by atoms with Crippen LogP contribution >= 0.6 is 0 Å². The molecule has 72 heavy (non-hydrogen) atoms. The Hall–Kier alpha value is -6.49. The molecule has 11 amide bonds. The van der Waals surface area contributed by atoms with Crippen LogP contribution in [-0.4, -0.2) is 191 Å². The number of hydrogen-bond donors (Lipinski definition) is 8. The molecule has 4 aliphatic heterocycles. The van der Waals surface area contributed by atoms with Gasteiger partial charge in [0.2, 0.25) is 59.1 Å². The molecule has 0 spiro atoms. The summed E-state index contributed by atoms with van der Waals surface area (Å²) in [6, 6.07) is -7.41. The second-order valence-corrected chi connectivity index (χ2v) is 20.3. The molecule has 24 heteroatoms. The van der Waals surface area contributed by atoms with Crippen LogP contribution in [0.1, 0.15) is 107 Å². The molecule has 4 aliphatic rings. The van der Waals surface area contributed by atoms with Gasteiger partial charge in [0.1, 0.15) is 48.6 Å². The highest BCUT2D eigenvalue weighted by molar-refractivity contribution is 6.25. The summed E-state index contributed by atoms with van der Waals surface area (Å²) >= 11 is 0. The number of carbonyl (C=O) groups excluding carboxylic acids is 12. The van der Waals surface area contributed by atoms with Crippen LogP contribution in [0.3, 0.4) is 0 Å². The molecule has 400 valence electrons. The number of likely N-dealkylation sites (tertiary alicyclic amines) is 4. The lowest BCUT2D eigenvalue weighted by molar-refractivity contribution is -0.143. The number of carbonyl (C=O) groups is 12. The standard InChI is InChI=1S/C48H76N12O12/c1-26(2)38(45(69)57-17-9-13-30(57)25-61)54-35(63)22-50-43(67)32-15-11-19-59(32)47(71)40(28(5)6)56-37(65)24-52-44(68)33-16-12-20-60(33)48(72)41(29(7)8)55-36(64)23-51-42(66)31-14-10-18-58(31)46(70)39(27(3)4)53-34(62)21-49/h21,25-33,38-41,49H,9-20,22-24H2,1-8H3,(H,50,67)(H,51,66)(H,52,68)(H,53,62)(H,54,63)(H,55,64)(H,56,65)/t30-,31-,32-,33-,38-,39-,40-,41-/m0/s1. The molecular formula is C48H76N12O12.